The van der Waals surface area contributed by atoms with Crippen LogP contribution in [0, 0.1) is 0 Å². The summed E-state index contributed by atoms with van der Waals surface area (Å²) < 4.78 is 18.5. The number of ether oxygens (including phenoxy) is 1. The molecule has 2 rings (SSSR count). The predicted octanol–water partition coefficient (Wildman–Crippen LogP) is 2.12. The van der Waals surface area contributed by atoms with E-state index in [4.69, 9.17) is 4.74 Å². The predicted molar refractivity (Wildman–Crippen MR) is 68.3 cm³/mol. The van der Waals surface area contributed by atoms with Gasteiger partial charge in [-0.25, -0.2) is 9.18 Å². The fourth-order valence-corrected chi connectivity index (χ4v) is 2.08. The molecular weight excluding hydrogens is 249 g/mol. The smallest absolute Gasteiger partial charge is 0.410 e. The Bertz CT molecular complexity index is 412. The number of carbonyl (C=O) groups excluding carboxylic acids is 1. The van der Waals surface area contributed by atoms with Crippen LogP contribution in [0.2, 0.25) is 0 Å². The summed E-state index contributed by atoms with van der Waals surface area (Å²) in [4.78, 5) is 13.2. The van der Waals surface area contributed by atoms with E-state index < -0.39 is 18.4 Å². The summed E-state index contributed by atoms with van der Waals surface area (Å²) in [5.41, 5.74) is 0.898. The van der Waals surface area contributed by atoms with E-state index in [0.29, 0.717) is 13.0 Å². The number of aliphatic hydroxyl groups is 1. The summed E-state index contributed by atoms with van der Waals surface area (Å²) in [5, 5.41) is 9.54. The molecule has 1 N–H and O–H groups in total. The lowest BCUT2D eigenvalue weighted by atomic mass is 10.1. The first kappa shape index (κ1) is 13.8. The Morgan fingerprint density at radius 3 is 2.89 bits per heavy atom. The minimum atomic E-state index is -1.26. The topological polar surface area (TPSA) is 49.8 Å². The number of carbonyl (C=O) groups is 1. The van der Waals surface area contributed by atoms with Crippen LogP contribution < -0.4 is 0 Å². The molecule has 0 aromatic heterocycles. The average Bonchev–Trinajstić information content (AvgIpc) is 2.60. The zero-order valence-electron chi connectivity index (χ0n) is 10.7. The summed E-state index contributed by atoms with van der Waals surface area (Å²) in [6.07, 6.45) is -2.06. The Kier molecular flexibility index (Phi) is 4.74. The van der Waals surface area contributed by atoms with Crippen LogP contribution in [0.4, 0.5) is 9.18 Å². The van der Waals surface area contributed by atoms with E-state index in [2.05, 4.69) is 0 Å². The van der Waals surface area contributed by atoms with Crippen molar-refractivity contribution in [2.75, 3.05) is 13.1 Å². The number of alkyl halides is 1. The van der Waals surface area contributed by atoms with Crippen molar-refractivity contribution >= 4 is 6.09 Å². The molecule has 1 fully saturated rings. The highest BCUT2D eigenvalue weighted by Crippen LogP contribution is 2.15. The quantitative estimate of drug-likeness (QED) is 0.893. The zero-order chi connectivity index (χ0) is 13.7. The van der Waals surface area contributed by atoms with E-state index >= 15 is 0 Å². The number of hydrogen-bond acceptors (Lipinski definition) is 3. The Morgan fingerprint density at radius 2 is 2.16 bits per heavy atom. The molecule has 19 heavy (non-hydrogen) atoms. The molecule has 0 saturated carbocycles. The van der Waals surface area contributed by atoms with Gasteiger partial charge in [0.15, 0.2) is 0 Å². The maximum atomic E-state index is 13.3. The number of halogens is 1. The summed E-state index contributed by atoms with van der Waals surface area (Å²) in [5.74, 6) is 0. The van der Waals surface area contributed by atoms with Crippen molar-refractivity contribution in [3.63, 3.8) is 0 Å². The highest BCUT2D eigenvalue weighted by Gasteiger charge is 2.28. The molecule has 0 bridgehead atoms. The number of β-amino-alcohol motifs (C(OH)–C–C–N with tert-alkyl or cyclic N) is 1. The van der Waals surface area contributed by atoms with Crippen molar-refractivity contribution in [3.8, 4) is 0 Å². The van der Waals surface area contributed by atoms with Gasteiger partial charge in [0.25, 0.3) is 0 Å². The van der Waals surface area contributed by atoms with Crippen LogP contribution in [-0.4, -0.2) is 41.5 Å². The fourth-order valence-electron chi connectivity index (χ4n) is 2.08. The van der Waals surface area contributed by atoms with E-state index in [1.54, 1.807) is 0 Å². The van der Waals surface area contributed by atoms with Gasteiger partial charge in [-0.2, -0.15) is 0 Å². The average molecular weight is 267 g/mol. The van der Waals surface area contributed by atoms with Crippen LogP contribution in [-0.2, 0) is 11.3 Å². The number of benzene rings is 1. The van der Waals surface area contributed by atoms with Crippen LogP contribution in [0.25, 0.3) is 0 Å². The van der Waals surface area contributed by atoms with E-state index in [0.717, 1.165) is 5.56 Å². The zero-order valence-corrected chi connectivity index (χ0v) is 10.7. The maximum absolute atomic E-state index is 13.3. The molecule has 104 valence electrons. The molecule has 4 nitrogen and oxygen atoms in total. The first-order valence-electron chi connectivity index (χ1n) is 6.44. The molecular formula is C14H18FNO3. The lowest BCUT2D eigenvalue weighted by molar-refractivity contribution is 0.0461. The molecule has 5 heteroatoms. The van der Waals surface area contributed by atoms with Gasteiger partial charge in [-0.05, 0) is 18.4 Å². The Labute approximate surface area is 111 Å². The molecule has 0 radical (unpaired) electrons. The molecule has 0 aliphatic carbocycles. The van der Waals surface area contributed by atoms with Gasteiger partial charge >= 0.3 is 6.09 Å². The van der Waals surface area contributed by atoms with Crippen molar-refractivity contribution < 1.29 is 19.0 Å². The molecule has 0 unspecified atom stereocenters. The summed E-state index contributed by atoms with van der Waals surface area (Å²) in [7, 11) is 0. The second-order valence-corrected chi connectivity index (χ2v) is 4.71. The second-order valence-electron chi connectivity index (χ2n) is 4.71. The Morgan fingerprint density at radius 1 is 1.42 bits per heavy atom. The first-order valence-corrected chi connectivity index (χ1v) is 6.44. The number of rotatable bonds is 2. The van der Waals surface area contributed by atoms with Crippen LogP contribution in [0.15, 0.2) is 30.3 Å². The number of nitrogens with zero attached hydrogens (tertiary/aromatic N) is 1. The van der Waals surface area contributed by atoms with Gasteiger partial charge in [-0.15, -0.1) is 0 Å². The summed E-state index contributed by atoms with van der Waals surface area (Å²) in [6, 6.07) is 9.35. The number of hydrogen-bond donors (Lipinski definition) is 1. The van der Waals surface area contributed by atoms with Gasteiger partial charge < -0.3 is 14.7 Å². The van der Waals surface area contributed by atoms with Gasteiger partial charge in [0, 0.05) is 6.54 Å². The van der Waals surface area contributed by atoms with Crippen molar-refractivity contribution in [2.45, 2.75) is 31.7 Å². The van der Waals surface area contributed by atoms with Crippen molar-refractivity contribution in [3.05, 3.63) is 35.9 Å². The van der Waals surface area contributed by atoms with Gasteiger partial charge in [0.2, 0.25) is 0 Å². The Hall–Kier alpha value is -1.62. The van der Waals surface area contributed by atoms with Gasteiger partial charge in [-0.3, -0.25) is 0 Å². The standard InChI is InChI=1S/C14H18FNO3/c15-12-7-4-8-16(9-13(12)17)14(18)19-10-11-5-2-1-3-6-11/h1-3,5-6,12-13,17H,4,7-10H2/t12-,13+/m1/s1. The highest BCUT2D eigenvalue weighted by molar-refractivity contribution is 5.67. The van der Waals surface area contributed by atoms with Gasteiger partial charge in [-0.1, -0.05) is 30.3 Å². The third-order valence-corrected chi connectivity index (χ3v) is 3.20. The van der Waals surface area contributed by atoms with Crippen LogP contribution >= 0.6 is 0 Å². The lowest BCUT2D eigenvalue weighted by Gasteiger charge is -2.22. The minimum Gasteiger partial charge on any atom is -0.445 e. The fraction of sp³-hybridized carbons (Fsp3) is 0.500. The van der Waals surface area contributed by atoms with Crippen molar-refractivity contribution in [1.82, 2.24) is 4.90 Å². The van der Waals surface area contributed by atoms with Gasteiger partial charge in [0.05, 0.1) is 6.54 Å². The molecule has 1 aliphatic rings. The van der Waals surface area contributed by atoms with Crippen molar-refractivity contribution in [2.24, 2.45) is 0 Å². The molecule has 0 spiro atoms. The highest BCUT2D eigenvalue weighted by atomic mass is 19.1. The molecule has 1 heterocycles. The summed E-state index contributed by atoms with van der Waals surface area (Å²) >= 11 is 0. The maximum Gasteiger partial charge on any atom is 0.410 e. The third kappa shape index (κ3) is 3.92. The minimum absolute atomic E-state index is 0.00517. The number of aliphatic hydroxyl groups excluding tert-OH is 1. The molecule has 2 atom stereocenters. The first-order chi connectivity index (χ1) is 9.16. The number of likely N-dealkylation sites (tertiary alicyclic amines) is 1. The molecule has 1 aromatic rings. The van der Waals surface area contributed by atoms with Crippen LogP contribution in [0.1, 0.15) is 18.4 Å². The van der Waals surface area contributed by atoms with E-state index in [1.165, 1.54) is 4.90 Å². The van der Waals surface area contributed by atoms with E-state index in [9.17, 15) is 14.3 Å². The Balaban J connectivity index is 1.85. The largest absolute Gasteiger partial charge is 0.445 e. The molecule has 1 saturated heterocycles. The van der Waals surface area contributed by atoms with Gasteiger partial charge in [0.1, 0.15) is 18.9 Å². The molecule has 1 aliphatic heterocycles. The third-order valence-electron chi connectivity index (χ3n) is 3.20. The van der Waals surface area contributed by atoms with Crippen molar-refractivity contribution in [1.29, 1.82) is 0 Å². The molecule has 1 aromatic carbocycles. The SMILES string of the molecule is O=C(OCc1ccccc1)N1CCC[C@@H](F)[C@@H](O)C1. The monoisotopic (exact) mass is 267 g/mol. The van der Waals surface area contributed by atoms with Crippen LogP contribution in [0.5, 0.6) is 0 Å². The normalized spacial score (nSPS) is 23.8. The molecule has 1 amide bonds. The van der Waals surface area contributed by atoms with E-state index in [-0.39, 0.29) is 19.6 Å². The lowest BCUT2D eigenvalue weighted by Crippen LogP contribution is -2.38. The number of amides is 1. The van der Waals surface area contributed by atoms with E-state index in [1.807, 2.05) is 30.3 Å². The van der Waals surface area contributed by atoms with Crippen LogP contribution in [0.3, 0.4) is 0 Å². The summed E-state index contributed by atoms with van der Waals surface area (Å²) in [6.45, 7) is 0.602. The second kappa shape index (κ2) is 6.52.